The minimum atomic E-state index is -3.56. The van der Waals surface area contributed by atoms with Crippen LogP contribution in [0.2, 0.25) is 0 Å². The van der Waals surface area contributed by atoms with Crippen LogP contribution in [0.25, 0.3) is 10.8 Å². The summed E-state index contributed by atoms with van der Waals surface area (Å²) in [5.41, 5.74) is 1.35. The first kappa shape index (κ1) is 17.2. The molecule has 0 spiro atoms. The van der Waals surface area contributed by atoms with Crippen LogP contribution >= 0.6 is 11.3 Å². The highest BCUT2D eigenvalue weighted by Gasteiger charge is 2.22. The van der Waals surface area contributed by atoms with Gasteiger partial charge in [-0.1, -0.05) is 12.1 Å². The van der Waals surface area contributed by atoms with E-state index in [2.05, 4.69) is 4.98 Å². The van der Waals surface area contributed by atoms with E-state index < -0.39 is 10.0 Å². The Labute approximate surface area is 150 Å². The highest BCUT2D eigenvalue weighted by molar-refractivity contribution is 7.92. The molecule has 2 aromatic heterocycles. The smallest absolute Gasteiger partial charge is 0.236 e. The Kier molecular flexibility index (Phi) is 4.61. The summed E-state index contributed by atoms with van der Waals surface area (Å²) >= 11 is 1.50. The minimum Gasteiger partial charge on any atom is -0.440 e. The number of sulfonamides is 1. The monoisotopic (exact) mass is 373 g/mol. The first-order chi connectivity index (χ1) is 11.9. The van der Waals surface area contributed by atoms with Gasteiger partial charge in [0.1, 0.15) is 11.5 Å². The van der Waals surface area contributed by atoms with Crippen molar-refractivity contribution in [3.8, 4) is 16.8 Å². The van der Waals surface area contributed by atoms with Gasteiger partial charge in [-0.25, -0.2) is 13.4 Å². The normalized spacial score (nSPS) is 11.2. The second-order valence-corrected chi connectivity index (χ2v) is 8.29. The molecule has 0 aliphatic carbocycles. The van der Waals surface area contributed by atoms with E-state index in [1.807, 2.05) is 23.6 Å². The molecule has 3 aromatic rings. The summed E-state index contributed by atoms with van der Waals surface area (Å²) in [6.07, 6.45) is 1.13. The fraction of sp³-hybridized carbons (Fsp3) is 0.176. The van der Waals surface area contributed by atoms with Gasteiger partial charge in [-0.2, -0.15) is 5.26 Å². The third-order valence-corrected chi connectivity index (χ3v) is 5.58. The second kappa shape index (κ2) is 6.70. The molecule has 0 radical (unpaired) electrons. The molecule has 0 N–H and O–H groups in total. The summed E-state index contributed by atoms with van der Waals surface area (Å²) in [6.45, 7) is 1.79. The molecular weight excluding hydrogens is 358 g/mol. The SMILES string of the molecule is Cc1oc(-c2cccs2)nc1CN(c1cccc(C#N)c1)S(C)(=O)=O. The molecule has 0 fully saturated rings. The van der Waals surface area contributed by atoms with E-state index in [0.717, 1.165) is 11.1 Å². The number of rotatable bonds is 5. The largest absolute Gasteiger partial charge is 0.440 e. The molecule has 0 amide bonds. The van der Waals surface area contributed by atoms with Crippen molar-refractivity contribution in [2.45, 2.75) is 13.5 Å². The number of hydrogen-bond acceptors (Lipinski definition) is 6. The minimum absolute atomic E-state index is 0.0361. The van der Waals surface area contributed by atoms with E-state index in [1.54, 1.807) is 25.1 Å². The topological polar surface area (TPSA) is 87.2 Å². The Morgan fingerprint density at radius 1 is 1.32 bits per heavy atom. The molecule has 0 saturated carbocycles. The predicted octanol–water partition coefficient (Wildman–Crippen LogP) is 3.55. The first-order valence-electron chi connectivity index (χ1n) is 7.36. The number of aryl methyl sites for hydroxylation is 1. The molecule has 6 nitrogen and oxygen atoms in total. The van der Waals surface area contributed by atoms with Gasteiger partial charge in [0.25, 0.3) is 0 Å². The predicted molar refractivity (Wildman–Crippen MR) is 96.7 cm³/mol. The summed E-state index contributed by atoms with van der Waals surface area (Å²) in [5, 5.41) is 11.0. The van der Waals surface area contributed by atoms with Crippen molar-refractivity contribution in [2.75, 3.05) is 10.6 Å². The van der Waals surface area contributed by atoms with Crippen molar-refractivity contribution >= 4 is 27.0 Å². The Hall–Kier alpha value is -2.63. The lowest BCUT2D eigenvalue weighted by Gasteiger charge is -2.21. The van der Waals surface area contributed by atoms with Crippen LogP contribution in [-0.4, -0.2) is 19.7 Å². The summed E-state index contributed by atoms with van der Waals surface area (Å²) in [6, 6.07) is 12.3. The number of aromatic nitrogens is 1. The number of nitriles is 1. The van der Waals surface area contributed by atoms with Crippen LogP contribution in [0, 0.1) is 18.3 Å². The molecule has 0 atom stereocenters. The maximum absolute atomic E-state index is 12.3. The van der Waals surface area contributed by atoms with Crippen LogP contribution in [0.15, 0.2) is 46.2 Å². The summed E-state index contributed by atoms with van der Waals surface area (Å²) in [5.74, 6) is 1.04. The number of hydrogen-bond donors (Lipinski definition) is 0. The van der Waals surface area contributed by atoms with E-state index in [9.17, 15) is 8.42 Å². The molecule has 0 saturated heterocycles. The number of anilines is 1. The van der Waals surface area contributed by atoms with Crippen molar-refractivity contribution in [3.05, 3.63) is 58.8 Å². The maximum atomic E-state index is 12.3. The maximum Gasteiger partial charge on any atom is 0.236 e. The number of nitrogens with zero attached hydrogens (tertiary/aromatic N) is 3. The van der Waals surface area contributed by atoms with Crippen LogP contribution in [0.1, 0.15) is 17.0 Å². The molecule has 0 aliphatic heterocycles. The zero-order valence-electron chi connectivity index (χ0n) is 13.6. The fourth-order valence-electron chi connectivity index (χ4n) is 2.35. The molecular formula is C17H15N3O3S2. The first-order valence-corrected chi connectivity index (χ1v) is 10.1. The molecule has 128 valence electrons. The fourth-order valence-corrected chi connectivity index (χ4v) is 3.85. The van der Waals surface area contributed by atoms with Gasteiger partial charge in [0.05, 0.1) is 35.0 Å². The Morgan fingerprint density at radius 2 is 2.12 bits per heavy atom. The van der Waals surface area contributed by atoms with Gasteiger partial charge in [0.15, 0.2) is 0 Å². The summed E-state index contributed by atoms with van der Waals surface area (Å²) in [7, 11) is -3.56. The quantitative estimate of drug-likeness (QED) is 0.682. The van der Waals surface area contributed by atoms with Crippen LogP contribution in [0.4, 0.5) is 5.69 Å². The Bertz CT molecular complexity index is 1030. The van der Waals surface area contributed by atoms with Crippen molar-refractivity contribution in [3.63, 3.8) is 0 Å². The van der Waals surface area contributed by atoms with Crippen molar-refractivity contribution in [1.82, 2.24) is 4.98 Å². The Balaban J connectivity index is 1.98. The zero-order chi connectivity index (χ0) is 18.0. The number of oxazole rings is 1. The average Bonchev–Trinajstić information content (AvgIpc) is 3.21. The van der Waals surface area contributed by atoms with E-state index in [-0.39, 0.29) is 6.54 Å². The van der Waals surface area contributed by atoms with Gasteiger partial charge in [0, 0.05) is 0 Å². The van der Waals surface area contributed by atoms with E-state index >= 15 is 0 Å². The average molecular weight is 373 g/mol. The van der Waals surface area contributed by atoms with Gasteiger partial charge in [0.2, 0.25) is 15.9 Å². The molecule has 3 rings (SSSR count). The third-order valence-electron chi connectivity index (χ3n) is 3.58. The van der Waals surface area contributed by atoms with Crippen LogP contribution < -0.4 is 4.31 Å². The van der Waals surface area contributed by atoms with E-state index in [1.165, 1.54) is 21.7 Å². The number of thiophene rings is 1. The van der Waals surface area contributed by atoms with E-state index in [0.29, 0.717) is 28.6 Å². The highest BCUT2D eigenvalue weighted by Crippen LogP contribution is 2.28. The van der Waals surface area contributed by atoms with Gasteiger partial charge < -0.3 is 4.42 Å². The molecule has 2 heterocycles. The van der Waals surface area contributed by atoms with Crippen molar-refractivity contribution in [2.24, 2.45) is 0 Å². The molecule has 1 aromatic carbocycles. The van der Waals surface area contributed by atoms with Crippen molar-refractivity contribution in [1.29, 1.82) is 5.26 Å². The molecule has 0 unspecified atom stereocenters. The highest BCUT2D eigenvalue weighted by atomic mass is 32.2. The lowest BCUT2D eigenvalue weighted by atomic mass is 10.2. The zero-order valence-corrected chi connectivity index (χ0v) is 15.3. The van der Waals surface area contributed by atoms with Crippen LogP contribution in [-0.2, 0) is 16.6 Å². The third kappa shape index (κ3) is 3.73. The summed E-state index contributed by atoms with van der Waals surface area (Å²) in [4.78, 5) is 5.33. The standard InChI is InChI=1S/C17H15N3O3S2/c1-12-15(19-17(23-12)16-7-4-8-24-16)11-20(25(2,21)22)14-6-3-5-13(9-14)10-18/h3-9H,11H2,1-2H3. The molecule has 25 heavy (non-hydrogen) atoms. The van der Waals surface area contributed by atoms with Crippen molar-refractivity contribution < 1.29 is 12.8 Å². The van der Waals surface area contributed by atoms with Gasteiger partial charge >= 0.3 is 0 Å². The van der Waals surface area contributed by atoms with Gasteiger partial charge in [-0.3, -0.25) is 4.31 Å². The van der Waals surface area contributed by atoms with Gasteiger partial charge in [-0.05, 0) is 36.6 Å². The molecule has 0 bridgehead atoms. The van der Waals surface area contributed by atoms with E-state index in [4.69, 9.17) is 9.68 Å². The summed E-state index contributed by atoms with van der Waals surface area (Å²) < 4.78 is 31.4. The Morgan fingerprint density at radius 3 is 2.76 bits per heavy atom. The molecule has 0 aliphatic rings. The van der Waals surface area contributed by atoms with Crippen LogP contribution in [0.5, 0.6) is 0 Å². The van der Waals surface area contributed by atoms with Gasteiger partial charge in [-0.15, -0.1) is 11.3 Å². The lowest BCUT2D eigenvalue weighted by Crippen LogP contribution is -2.29. The lowest BCUT2D eigenvalue weighted by molar-refractivity contribution is 0.540. The molecule has 8 heteroatoms. The number of benzene rings is 1. The second-order valence-electron chi connectivity index (χ2n) is 5.43. The van der Waals surface area contributed by atoms with Crippen LogP contribution in [0.3, 0.4) is 0 Å².